The van der Waals surface area contributed by atoms with Gasteiger partial charge in [-0.2, -0.15) is 0 Å². The minimum absolute atomic E-state index is 0. The summed E-state index contributed by atoms with van der Waals surface area (Å²) in [6.07, 6.45) is 7.13. The SMILES string of the molecule is FC(F)(F)c1ccccc1[C](c1ccccc1)=[Zr+2]([C]1=CC=CC1)[CH]1C=Cc2ccccc21.[Cl-].[Cl-]. The Morgan fingerprint density at radius 3 is 2.21 bits per heavy atom. The van der Waals surface area contributed by atoms with Gasteiger partial charge in [0.1, 0.15) is 0 Å². The van der Waals surface area contributed by atoms with Gasteiger partial charge in [0, 0.05) is 0 Å². The summed E-state index contributed by atoms with van der Waals surface area (Å²) >= 11 is -2.91. The molecule has 2 aliphatic carbocycles. The van der Waals surface area contributed by atoms with Crippen LogP contribution in [0.15, 0.2) is 106 Å². The number of allylic oxidation sites excluding steroid dienone is 5. The Morgan fingerprint density at radius 2 is 1.50 bits per heavy atom. The van der Waals surface area contributed by atoms with Crippen molar-refractivity contribution in [3.63, 3.8) is 0 Å². The molecular weight excluding hydrogens is 555 g/mol. The van der Waals surface area contributed by atoms with E-state index in [1.54, 1.807) is 12.1 Å². The van der Waals surface area contributed by atoms with Crippen LogP contribution in [-0.2, 0) is 27.4 Å². The van der Waals surface area contributed by atoms with E-state index in [9.17, 15) is 13.2 Å². The summed E-state index contributed by atoms with van der Waals surface area (Å²) in [7, 11) is 0. The first-order chi connectivity index (χ1) is 15.5. The number of benzene rings is 3. The van der Waals surface area contributed by atoms with Gasteiger partial charge < -0.3 is 24.8 Å². The molecule has 0 bridgehead atoms. The summed E-state index contributed by atoms with van der Waals surface area (Å²) in [5, 5.41) is 0. The van der Waals surface area contributed by atoms with Crippen molar-refractivity contribution in [1.82, 2.24) is 0 Å². The molecule has 0 N–H and O–H groups in total. The van der Waals surface area contributed by atoms with Gasteiger partial charge in [-0.3, -0.25) is 0 Å². The van der Waals surface area contributed by atoms with Gasteiger partial charge in [0.2, 0.25) is 0 Å². The molecule has 0 heterocycles. The molecule has 0 saturated carbocycles. The molecule has 0 aromatic heterocycles. The summed E-state index contributed by atoms with van der Waals surface area (Å²) in [6, 6.07) is 24.1. The number of fused-ring (bicyclic) bond motifs is 1. The number of hydrogen-bond acceptors (Lipinski definition) is 0. The van der Waals surface area contributed by atoms with Crippen molar-refractivity contribution in [1.29, 1.82) is 0 Å². The molecule has 5 rings (SSSR count). The fourth-order valence-electron chi connectivity index (χ4n) is 4.67. The summed E-state index contributed by atoms with van der Waals surface area (Å²) in [5.74, 6) is 0. The fourth-order valence-corrected chi connectivity index (χ4v) is 13.3. The molecule has 2 aliphatic rings. The molecule has 0 nitrogen and oxygen atoms in total. The van der Waals surface area contributed by atoms with Gasteiger partial charge in [-0.1, -0.05) is 0 Å². The number of rotatable bonds is 4. The molecule has 0 amide bonds. The maximum absolute atomic E-state index is 14.1. The normalized spacial score (nSPS) is 16.3. The second-order valence-electron chi connectivity index (χ2n) is 7.99. The van der Waals surface area contributed by atoms with Gasteiger partial charge in [-0.25, -0.2) is 0 Å². The molecular formula is C28H21Cl2F3Zr. The number of hydrogen-bond donors (Lipinski definition) is 0. The van der Waals surface area contributed by atoms with Crippen LogP contribution in [0.4, 0.5) is 13.2 Å². The zero-order valence-corrected chi connectivity index (χ0v) is 22.0. The van der Waals surface area contributed by atoms with E-state index in [-0.39, 0.29) is 28.4 Å². The average molecular weight is 577 g/mol. The van der Waals surface area contributed by atoms with Crippen molar-refractivity contribution in [2.75, 3.05) is 0 Å². The Kier molecular flexibility index (Phi) is 8.73. The maximum atomic E-state index is 14.1. The zero-order chi connectivity index (χ0) is 22.1. The predicted molar refractivity (Wildman–Crippen MR) is 121 cm³/mol. The van der Waals surface area contributed by atoms with Crippen molar-refractivity contribution in [2.24, 2.45) is 0 Å². The zero-order valence-electron chi connectivity index (χ0n) is 18.1. The summed E-state index contributed by atoms with van der Waals surface area (Å²) in [6.45, 7) is 0. The molecule has 0 aliphatic heterocycles. The Balaban J connectivity index is 0.00000162. The molecule has 34 heavy (non-hydrogen) atoms. The second kappa shape index (κ2) is 11.2. The molecule has 0 radical (unpaired) electrons. The van der Waals surface area contributed by atoms with Crippen molar-refractivity contribution in [3.8, 4) is 0 Å². The van der Waals surface area contributed by atoms with Crippen LogP contribution in [0.1, 0.15) is 37.9 Å². The first kappa shape index (κ1) is 26.6. The van der Waals surface area contributed by atoms with E-state index in [1.165, 1.54) is 26.5 Å². The summed E-state index contributed by atoms with van der Waals surface area (Å²) in [5.41, 5.74) is 3.13. The third kappa shape index (κ3) is 5.15. The predicted octanol–water partition coefficient (Wildman–Crippen LogP) is 1.51. The van der Waals surface area contributed by atoms with Crippen LogP contribution in [0.3, 0.4) is 0 Å². The van der Waals surface area contributed by atoms with Crippen molar-refractivity contribution in [2.45, 2.75) is 16.2 Å². The number of halogens is 5. The quantitative estimate of drug-likeness (QED) is 0.442. The van der Waals surface area contributed by atoms with E-state index in [2.05, 4.69) is 42.5 Å². The monoisotopic (exact) mass is 574 g/mol. The Morgan fingerprint density at radius 1 is 0.824 bits per heavy atom. The van der Waals surface area contributed by atoms with E-state index in [1.807, 2.05) is 42.5 Å². The van der Waals surface area contributed by atoms with Crippen LogP contribution in [0.25, 0.3) is 6.08 Å². The van der Waals surface area contributed by atoms with Gasteiger partial charge in [-0.05, 0) is 0 Å². The van der Waals surface area contributed by atoms with Crippen LogP contribution in [-0.4, -0.2) is 3.21 Å². The van der Waals surface area contributed by atoms with Crippen LogP contribution >= 0.6 is 0 Å². The molecule has 3 aromatic rings. The van der Waals surface area contributed by atoms with Crippen molar-refractivity contribution < 1.29 is 59.3 Å². The molecule has 0 fully saturated rings. The van der Waals surface area contributed by atoms with Gasteiger partial charge >= 0.3 is 194 Å². The molecule has 1 unspecified atom stereocenters. The van der Waals surface area contributed by atoms with E-state index >= 15 is 0 Å². The minimum atomic E-state index is -4.41. The van der Waals surface area contributed by atoms with E-state index in [0.29, 0.717) is 5.56 Å². The molecule has 172 valence electrons. The molecule has 3 aromatic carbocycles. The van der Waals surface area contributed by atoms with Crippen molar-refractivity contribution >= 4 is 9.28 Å². The van der Waals surface area contributed by atoms with Gasteiger partial charge in [0.25, 0.3) is 0 Å². The van der Waals surface area contributed by atoms with E-state index in [4.69, 9.17) is 0 Å². The van der Waals surface area contributed by atoms with Crippen LogP contribution in [0.2, 0.25) is 0 Å². The summed E-state index contributed by atoms with van der Waals surface area (Å²) in [4.78, 5) is 0. The summed E-state index contributed by atoms with van der Waals surface area (Å²) < 4.78 is 44.9. The number of alkyl halides is 3. The smallest absolute Gasteiger partial charge is 1.00 e. The molecule has 0 saturated heterocycles. The molecule has 6 heteroatoms. The second-order valence-corrected chi connectivity index (χ2v) is 14.4. The first-order valence-electron chi connectivity index (χ1n) is 10.6. The van der Waals surface area contributed by atoms with Crippen LogP contribution < -0.4 is 24.8 Å². The molecule has 1 atom stereocenters. The Hall–Kier alpha value is -2.00. The Bertz CT molecular complexity index is 1290. The Labute approximate surface area is 217 Å². The third-order valence-electron chi connectivity index (χ3n) is 6.06. The first-order valence-corrected chi connectivity index (χ1v) is 14.5. The largest absolute Gasteiger partial charge is 1.00 e. The van der Waals surface area contributed by atoms with Crippen LogP contribution in [0.5, 0.6) is 0 Å². The maximum Gasteiger partial charge on any atom is -1.00 e. The topological polar surface area (TPSA) is 0 Å². The average Bonchev–Trinajstić information content (AvgIpc) is 3.48. The van der Waals surface area contributed by atoms with Crippen molar-refractivity contribution in [3.05, 3.63) is 134 Å². The van der Waals surface area contributed by atoms with Gasteiger partial charge in [0.15, 0.2) is 0 Å². The fraction of sp³-hybridized carbons (Fsp3) is 0.107. The minimum Gasteiger partial charge on any atom is -1.00 e. The third-order valence-corrected chi connectivity index (χ3v) is 14.1. The van der Waals surface area contributed by atoms with Gasteiger partial charge in [-0.15, -0.1) is 0 Å². The molecule has 0 spiro atoms. The van der Waals surface area contributed by atoms with E-state index < -0.39 is 33.0 Å². The van der Waals surface area contributed by atoms with Crippen LogP contribution in [0, 0.1) is 0 Å². The van der Waals surface area contributed by atoms with E-state index in [0.717, 1.165) is 15.2 Å². The van der Waals surface area contributed by atoms with Gasteiger partial charge in [0.05, 0.1) is 0 Å². The standard InChI is InChI=1S/C14H9F3.C9H7.C5H5.2ClH.Zr/c15-14(16,17)13-9-5-4-8-12(13)10-11-6-2-1-3-7-11;1-2-5-9-7-3-6-8(9)4-1;1-2-4-5-3-1;;;/h1-9H;1-7H;1-3H,4H2;2*1H;/q;;;;;+2/p-2.